The highest BCUT2D eigenvalue weighted by atomic mass is 32.2. The lowest BCUT2D eigenvalue weighted by molar-refractivity contribution is -0.141. The fraction of sp³-hybridized carbons (Fsp3) is 0.581. The smallest absolute Gasteiger partial charge is 0.413 e. The van der Waals surface area contributed by atoms with E-state index in [-0.39, 0.29) is 11.8 Å². The molecule has 1 aromatic heterocycles. The summed E-state index contributed by atoms with van der Waals surface area (Å²) in [5, 5.41) is 2.68. The van der Waals surface area contributed by atoms with Crippen LogP contribution in [0.5, 0.6) is 5.75 Å². The second-order valence-electron chi connectivity index (χ2n) is 13.2. The van der Waals surface area contributed by atoms with Gasteiger partial charge in [0.05, 0.1) is 12.3 Å². The first-order valence-electron chi connectivity index (χ1n) is 15.1. The standard InChI is InChI=1S/C31H42FN5O6S/c1-30(2,3)43-29(39)34-27-17-21(7-12-33-27)20-36-13-8-22(9-14-36)28(38)37-15-10-31(11-16-37)19-25(35-44(4,40)41)24-18-23(32)5-6-26(24)42-31/h5-7,12,17-18,22,25,35H,8-11,13-16,19-20H2,1-4H3,(H,33,34,39). The lowest BCUT2D eigenvalue weighted by atomic mass is 9.80. The summed E-state index contributed by atoms with van der Waals surface area (Å²) in [6.45, 7) is 8.69. The van der Waals surface area contributed by atoms with E-state index in [1.54, 1.807) is 33.0 Å². The fourth-order valence-corrected chi connectivity index (χ4v) is 7.08. The van der Waals surface area contributed by atoms with Gasteiger partial charge in [-0.2, -0.15) is 0 Å². The number of aromatic nitrogens is 1. The largest absolute Gasteiger partial charge is 0.487 e. The molecule has 2 aromatic rings. The molecule has 0 bridgehead atoms. The Labute approximate surface area is 258 Å². The van der Waals surface area contributed by atoms with Crippen molar-refractivity contribution in [2.75, 3.05) is 37.8 Å². The van der Waals surface area contributed by atoms with Crippen LogP contribution in [-0.2, 0) is 26.1 Å². The number of carbonyl (C=O) groups excluding carboxylic acids is 2. The van der Waals surface area contributed by atoms with Crippen molar-refractivity contribution in [3.05, 3.63) is 53.5 Å². The summed E-state index contributed by atoms with van der Waals surface area (Å²) < 4.78 is 52.5. The van der Waals surface area contributed by atoms with E-state index in [0.29, 0.717) is 56.0 Å². The highest BCUT2D eigenvalue weighted by molar-refractivity contribution is 7.88. The zero-order chi connectivity index (χ0) is 31.7. The Hall–Kier alpha value is -3.29. The Morgan fingerprint density at radius 2 is 1.82 bits per heavy atom. The number of sulfonamides is 1. The molecule has 11 nitrogen and oxygen atoms in total. The van der Waals surface area contributed by atoms with Gasteiger partial charge < -0.3 is 14.4 Å². The molecule has 2 saturated heterocycles. The molecule has 1 atom stereocenters. The van der Waals surface area contributed by atoms with Gasteiger partial charge in [0.2, 0.25) is 15.9 Å². The van der Waals surface area contributed by atoms with E-state index in [1.165, 1.54) is 12.1 Å². The van der Waals surface area contributed by atoms with Crippen LogP contribution in [-0.4, -0.2) is 78.8 Å². The van der Waals surface area contributed by atoms with Gasteiger partial charge >= 0.3 is 6.09 Å². The summed E-state index contributed by atoms with van der Waals surface area (Å²) in [6, 6.07) is 7.35. The number of benzene rings is 1. The summed E-state index contributed by atoms with van der Waals surface area (Å²) in [5.41, 5.74) is 0.276. The van der Waals surface area contributed by atoms with Crippen molar-refractivity contribution in [3.8, 4) is 5.75 Å². The highest BCUT2D eigenvalue weighted by Crippen LogP contribution is 2.45. The lowest BCUT2D eigenvalue weighted by Gasteiger charge is -2.47. The average Bonchev–Trinajstić information content (AvgIpc) is 2.92. The van der Waals surface area contributed by atoms with Gasteiger partial charge in [-0.1, -0.05) is 0 Å². The molecule has 2 N–H and O–H groups in total. The third-order valence-electron chi connectivity index (χ3n) is 8.39. The second-order valence-corrected chi connectivity index (χ2v) is 14.9. The zero-order valence-corrected chi connectivity index (χ0v) is 26.6. The third kappa shape index (κ3) is 8.24. The number of fused-ring (bicyclic) bond motifs is 1. The minimum Gasteiger partial charge on any atom is -0.487 e. The number of likely N-dealkylation sites (tertiary alicyclic amines) is 2. The SMILES string of the molecule is CC(C)(C)OC(=O)Nc1cc(CN2CCC(C(=O)N3CCC4(CC3)CC(NS(C)(=O)=O)c3cc(F)ccc3O4)CC2)ccn1. The Morgan fingerprint density at radius 3 is 2.48 bits per heavy atom. The normalized spacial score (nSPS) is 20.9. The predicted molar refractivity (Wildman–Crippen MR) is 163 cm³/mol. The Kier molecular flexibility index (Phi) is 9.20. The summed E-state index contributed by atoms with van der Waals surface area (Å²) in [4.78, 5) is 34.0. The van der Waals surface area contributed by atoms with Crippen molar-refractivity contribution in [2.45, 2.75) is 76.7 Å². The summed E-state index contributed by atoms with van der Waals surface area (Å²) in [6.07, 6.45) is 5.23. The maximum atomic E-state index is 14.0. The molecule has 2 fully saturated rings. The lowest BCUT2D eigenvalue weighted by Crippen LogP contribution is -2.54. The van der Waals surface area contributed by atoms with Gasteiger partial charge in [-0.25, -0.2) is 27.3 Å². The summed E-state index contributed by atoms with van der Waals surface area (Å²) >= 11 is 0. The average molecular weight is 632 g/mol. The van der Waals surface area contributed by atoms with Crippen LogP contribution in [0, 0.1) is 11.7 Å². The van der Waals surface area contributed by atoms with E-state index in [4.69, 9.17) is 9.47 Å². The first-order chi connectivity index (χ1) is 20.7. The Morgan fingerprint density at radius 1 is 1.11 bits per heavy atom. The van der Waals surface area contributed by atoms with E-state index in [1.807, 2.05) is 17.0 Å². The first-order valence-corrected chi connectivity index (χ1v) is 17.0. The van der Waals surface area contributed by atoms with Gasteiger partial charge in [0.1, 0.15) is 28.6 Å². The van der Waals surface area contributed by atoms with Gasteiger partial charge in [-0.05, 0) is 82.6 Å². The minimum atomic E-state index is -3.53. The maximum absolute atomic E-state index is 14.0. The van der Waals surface area contributed by atoms with Crippen molar-refractivity contribution in [2.24, 2.45) is 5.92 Å². The number of halogens is 1. The minimum absolute atomic E-state index is 0.0576. The number of piperidine rings is 2. The van der Waals surface area contributed by atoms with Gasteiger partial charge in [0, 0.05) is 56.6 Å². The topological polar surface area (TPSA) is 130 Å². The number of nitrogens with one attached hydrogen (secondary N) is 2. The molecule has 5 rings (SSSR count). The quantitative estimate of drug-likeness (QED) is 0.485. The van der Waals surface area contributed by atoms with Crippen molar-refractivity contribution < 1.29 is 31.9 Å². The highest BCUT2D eigenvalue weighted by Gasteiger charge is 2.45. The van der Waals surface area contributed by atoms with Gasteiger partial charge in [-0.15, -0.1) is 0 Å². The monoisotopic (exact) mass is 631 g/mol. The molecule has 3 aliphatic heterocycles. The van der Waals surface area contributed by atoms with Crippen molar-refractivity contribution in [3.63, 3.8) is 0 Å². The zero-order valence-electron chi connectivity index (χ0n) is 25.8. The van der Waals surface area contributed by atoms with Crippen LogP contribution in [0.3, 0.4) is 0 Å². The van der Waals surface area contributed by atoms with Crippen LogP contribution in [0.4, 0.5) is 15.0 Å². The molecule has 240 valence electrons. The van der Waals surface area contributed by atoms with Crippen LogP contribution in [0.15, 0.2) is 36.5 Å². The number of rotatable bonds is 6. The molecule has 1 spiro atoms. The summed E-state index contributed by atoms with van der Waals surface area (Å²) in [5.74, 6) is 0.554. The second kappa shape index (κ2) is 12.6. The van der Waals surface area contributed by atoms with Gasteiger partial charge in [-0.3, -0.25) is 15.0 Å². The molecule has 3 aliphatic rings. The van der Waals surface area contributed by atoms with Crippen LogP contribution in [0.25, 0.3) is 0 Å². The number of pyridine rings is 1. The maximum Gasteiger partial charge on any atom is 0.413 e. The van der Waals surface area contributed by atoms with E-state index in [0.717, 1.165) is 37.8 Å². The third-order valence-corrected chi connectivity index (χ3v) is 9.10. The molecule has 13 heteroatoms. The molecule has 4 heterocycles. The van der Waals surface area contributed by atoms with Crippen LogP contribution in [0.1, 0.15) is 70.0 Å². The number of carbonyl (C=O) groups is 2. The molecule has 1 aromatic carbocycles. The van der Waals surface area contributed by atoms with Crippen molar-refractivity contribution >= 4 is 27.8 Å². The van der Waals surface area contributed by atoms with Crippen LogP contribution in [0.2, 0.25) is 0 Å². The number of nitrogens with zero attached hydrogens (tertiary/aromatic N) is 3. The molecule has 2 amide bonds. The number of anilines is 1. The van der Waals surface area contributed by atoms with E-state index in [2.05, 4.69) is 19.9 Å². The predicted octanol–water partition coefficient (Wildman–Crippen LogP) is 4.21. The first kappa shape index (κ1) is 32.1. The van der Waals surface area contributed by atoms with Crippen molar-refractivity contribution in [1.82, 2.24) is 19.5 Å². The molecule has 44 heavy (non-hydrogen) atoms. The molecule has 0 saturated carbocycles. The molecular weight excluding hydrogens is 589 g/mol. The number of hydrogen-bond donors (Lipinski definition) is 2. The fourth-order valence-electron chi connectivity index (χ4n) is 6.35. The number of hydrogen-bond acceptors (Lipinski definition) is 8. The molecule has 0 radical (unpaired) electrons. The summed E-state index contributed by atoms with van der Waals surface area (Å²) in [7, 11) is -3.53. The van der Waals surface area contributed by atoms with Gasteiger partial charge in [0.15, 0.2) is 0 Å². The number of ether oxygens (including phenoxy) is 2. The molecular formula is C31H42FN5O6S. The Balaban J connectivity index is 1.12. The van der Waals surface area contributed by atoms with E-state index < -0.39 is 39.2 Å². The van der Waals surface area contributed by atoms with E-state index in [9.17, 15) is 22.4 Å². The Bertz CT molecular complexity index is 1480. The molecule has 0 aliphatic carbocycles. The number of amides is 2. The van der Waals surface area contributed by atoms with Crippen LogP contribution < -0.4 is 14.8 Å². The van der Waals surface area contributed by atoms with E-state index >= 15 is 0 Å². The van der Waals surface area contributed by atoms with Crippen LogP contribution >= 0.6 is 0 Å². The van der Waals surface area contributed by atoms with Crippen molar-refractivity contribution in [1.29, 1.82) is 0 Å². The molecule has 1 unspecified atom stereocenters. The van der Waals surface area contributed by atoms with Gasteiger partial charge in [0.25, 0.3) is 0 Å².